The van der Waals surface area contributed by atoms with Crippen LogP contribution in [0.5, 0.6) is 0 Å². The molecule has 0 bridgehead atoms. The van der Waals surface area contributed by atoms with Crippen LogP contribution in [-0.4, -0.2) is 24.9 Å². The molecule has 1 heterocycles. The van der Waals surface area contributed by atoms with Crippen LogP contribution in [0.4, 0.5) is 16.2 Å². The van der Waals surface area contributed by atoms with Gasteiger partial charge in [-0.25, -0.2) is 9.59 Å². The summed E-state index contributed by atoms with van der Waals surface area (Å²) in [4.78, 5) is 36.9. The first-order chi connectivity index (χ1) is 12.1. The molecule has 0 atom stereocenters. The molecule has 0 fully saturated rings. The molecule has 0 aliphatic rings. The van der Waals surface area contributed by atoms with E-state index < -0.39 is 12.0 Å². The molecule has 138 valence electrons. The SMILES string of the molecule is COC(=O)c1sc(C(C)(C)C)cc1NC(=O)Nc1ccc(C(C)=O)cc1. The highest BCUT2D eigenvalue weighted by Crippen LogP contribution is 2.35. The van der Waals surface area contributed by atoms with Crippen LogP contribution in [0, 0.1) is 0 Å². The number of nitrogens with one attached hydrogen (secondary N) is 2. The normalized spacial score (nSPS) is 11.0. The number of urea groups is 1. The predicted octanol–water partition coefficient (Wildman–Crippen LogP) is 4.68. The van der Waals surface area contributed by atoms with E-state index in [-0.39, 0.29) is 11.2 Å². The second-order valence-electron chi connectivity index (χ2n) is 6.81. The first-order valence-electron chi connectivity index (χ1n) is 8.03. The Labute approximate surface area is 156 Å². The van der Waals surface area contributed by atoms with Crippen LogP contribution < -0.4 is 10.6 Å². The number of methoxy groups -OCH3 is 1. The lowest BCUT2D eigenvalue weighted by atomic mass is 9.94. The van der Waals surface area contributed by atoms with Crippen LogP contribution in [0.3, 0.4) is 0 Å². The van der Waals surface area contributed by atoms with Crippen LogP contribution >= 0.6 is 11.3 Å². The second-order valence-corrected chi connectivity index (χ2v) is 7.86. The number of Topliss-reactive ketones (excluding diaryl/α,β-unsaturated/α-hetero) is 1. The summed E-state index contributed by atoms with van der Waals surface area (Å²) < 4.78 is 4.81. The van der Waals surface area contributed by atoms with Crippen molar-refractivity contribution in [2.45, 2.75) is 33.1 Å². The molecular weight excluding hydrogens is 352 g/mol. The quantitative estimate of drug-likeness (QED) is 0.601. The van der Waals surface area contributed by atoms with E-state index in [9.17, 15) is 14.4 Å². The summed E-state index contributed by atoms with van der Waals surface area (Å²) in [7, 11) is 1.30. The highest BCUT2D eigenvalue weighted by atomic mass is 32.1. The van der Waals surface area contributed by atoms with Crippen molar-refractivity contribution in [1.29, 1.82) is 0 Å². The van der Waals surface area contributed by atoms with E-state index >= 15 is 0 Å². The summed E-state index contributed by atoms with van der Waals surface area (Å²) in [5.74, 6) is -0.539. The number of esters is 1. The Balaban J connectivity index is 2.18. The zero-order chi connectivity index (χ0) is 19.5. The number of carbonyl (C=O) groups is 3. The zero-order valence-electron chi connectivity index (χ0n) is 15.4. The number of amides is 2. The van der Waals surface area contributed by atoms with E-state index in [0.717, 1.165) is 4.88 Å². The van der Waals surface area contributed by atoms with E-state index in [2.05, 4.69) is 10.6 Å². The fraction of sp³-hybridized carbons (Fsp3) is 0.316. The fourth-order valence-corrected chi connectivity index (χ4v) is 3.26. The molecule has 7 heteroatoms. The predicted molar refractivity (Wildman–Crippen MR) is 103 cm³/mol. The van der Waals surface area contributed by atoms with Crippen molar-refractivity contribution in [3.05, 3.63) is 45.6 Å². The highest BCUT2D eigenvalue weighted by molar-refractivity contribution is 7.14. The Morgan fingerprint density at radius 3 is 2.15 bits per heavy atom. The Morgan fingerprint density at radius 1 is 1.04 bits per heavy atom. The van der Waals surface area contributed by atoms with Crippen molar-refractivity contribution < 1.29 is 19.1 Å². The molecule has 26 heavy (non-hydrogen) atoms. The molecule has 0 saturated carbocycles. The van der Waals surface area contributed by atoms with Crippen molar-refractivity contribution in [3.63, 3.8) is 0 Å². The Bertz CT molecular complexity index is 832. The van der Waals surface area contributed by atoms with Gasteiger partial charge < -0.3 is 15.4 Å². The van der Waals surface area contributed by atoms with Gasteiger partial charge in [-0.15, -0.1) is 11.3 Å². The highest BCUT2D eigenvalue weighted by Gasteiger charge is 2.24. The standard InChI is InChI=1S/C19H22N2O4S/c1-11(22)12-6-8-13(9-7-12)20-18(24)21-14-10-15(19(2,3)4)26-16(14)17(23)25-5/h6-10H,1-5H3,(H2,20,21,24). The van der Waals surface area contributed by atoms with Gasteiger partial charge in [-0.05, 0) is 42.7 Å². The van der Waals surface area contributed by atoms with Gasteiger partial charge in [0.25, 0.3) is 0 Å². The average Bonchev–Trinajstić information content (AvgIpc) is 2.98. The minimum atomic E-state index is -0.494. The molecule has 0 radical (unpaired) electrons. The summed E-state index contributed by atoms with van der Waals surface area (Å²) in [6.07, 6.45) is 0. The van der Waals surface area contributed by atoms with Gasteiger partial charge in [-0.3, -0.25) is 4.79 Å². The molecular formula is C19H22N2O4S. The van der Waals surface area contributed by atoms with Crippen LogP contribution in [0.1, 0.15) is 52.6 Å². The van der Waals surface area contributed by atoms with Gasteiger partial charge in [0.2, 0.25) is 0 Å². The number of hydrogen-bond donors (Lipinski definition) is 2. The van der Waals surface area contributed by atoms with E-state index in [1.165, 1.54) is 25.4 Å². The first-order valence-corrected chi connectivity index (χ1v) is 8.85. The van der Waals surface area contributed by atoms with Crippen molar-refractivity contribution in [3.8, 4) is 0 Å². The summed E-state index contributed by atoms with van der Waals surface area (Å²) in [5, 5.41) is 5.38. The lowest BCUT2D eigenvalue weighted by Crippen LogP contribution is -2.20. The summed E-state index contributed by atoms with van der Waals surface area (Å²) in [6, 6.07) is 7.87. The monoisotopic (exact) mass is 374 g/mol. The number of thiophene rings is 1. The number of anilines is 2. The van der Waals surface area contributed by atoms with Crippen LogP contribution in [-0.2, 0) is 10.2 Å². The second kappa shape index (κ2) is 7.70. The first kappa shape index (κ1) is 19.7. The third-order valence-corrected chi connectivity index (χ3v) is 5.18. The number of rotatable bonds is 4. The smallest absolute Gasteiger partial charge is 0.350 e. The van der Waals surface area contributed by atoms with E-state index in [1.54, 1.807) is 30.3 Å². The van der Waals surface area contributed by atoms with Gasteiger partial charge in [-0.1, -0.05) is 20.8 Å². The number of carbonyl (C=O) groups excluding carboxylic acids is 3. The summed E-state index contributed by atoms with van der Waals surface area (Å²) >= 11 is 1.30. The number of ketones is 1. The third kappa shape index (κ3) is 4.70. The lowest BCUT2D eigenvalue weighted by Gasteiger charge is -2.15. The average molecular weight is 374 g/mol. The molecule has 0 aliphatic carbocycles. The molecule has 2 amide bonds. The molecule has 2 aromatic rings. The molecule has 0 spiro atoms. The summed E-state index contributed by atoms with van der Waals surface area (Å²) in [5.41, 5.74) is 1.35. The van der Waals surface area contributed by atoms with Gasteiger partial charge in [0.15, 0.2) is 5.78 Å². The lowest BCUT2D eigenvalue weighted by molar-refractivity contribution is 0.0607. The minimum Gasteiger partial charge on any atom is -0.465 e. The van der Waals surface area contributed by atoms with Crippen molar-refractivity contribution in [1.82, 2.24) is 0 Å². The Hall–Kier alpha value is -2.67. The Morgan fingerprint density at radius 2 is 1.65 bits per heavy atom. The third-order valence-electron chi connectivity index (χ3n) is 3.64. The van der Waals surface area contributed by atoms with Crippen molar-refractivity contribution in [2.24, 2.45) is 0 Å². The van der Waals surface area contributed by atoms with Crippen LogP contribution in [0.15, 0.2) is 30.3 Å². The zero-order valence-corrected chi connectivity index (χ0v) is 16.2. The van der Waals surface area contributed by atoms with E-state index in [1.807, 2.05) is 20.8 Å². The number of ether oxygens (including phenoxy) is 1. The van der Waals surface area contributed by atoms with Crippen LogP contribution in [0.25, 0.3) is 0 Å². The maximum Gasteiger partial charge on any atom is 0.350 e. The molecule has 2 N–H and O–H groups in total. The molecule has 1 aromatic heterocycles. The van der Waals surface area contributed by atoms with E-state index in [4.69, 9.17) is 4.74 Å². The summed E-state index contributed by atoms with van der Waals surface area (Å²) in [6.45, 7) is 7.56. The molecule has 0 saturated heterocycles. The molecule has 2 rings (SSSR count). The molecule has 1 aromatic carbocycles. The fourth-order valence-electron chi connectivity index (χ4n) is 2.17. The van der Waals surface area contributed by atoms with Crippen molar-refractivity contribution >= 4 is 40.5 Å². The van der Waals surface area contributed by atoms with Gasteiger partial charge in [0, 0.05) is 16.1 Å². The Kier molecular flexibility index (Phi) is 5.82. The van der Waals surface area contributed by atoms with Crippen molar-refractivity contribution in [2.75, 3.05) is 17.7 Å². The number of benzene rings is 1. The molecule has 0 aliphatic heterocycles. The maximum atomic E-state index is 12.3. The van der Waals surface area contributed by atoms with E-state index in [0.29, 0.717) is 21.8 Å². The van der Waals surface area contributed by atoms with Gasteiger partial charge in [0.1, 0.15) is 4.88 Å². The van der Waals surface area contributed by atoms with Gasteiger partial charge >= 0.3 is 12.0 Å². The van der Waals surface area contributed by atoms with Gasteiger partial charge in [-0.2, -0.15) is 0 Å². The minimum absolute atomic E-state index is 0.0447. The topological polar surface area (TPSA) is 84.5 Å². The number of hydrogen-bond acceptors (Lipinski definition) is 5. The largest absolute Gasteiger partial charge is 0.465 e. The molecule has 6 nitrogen and oxygen atoms in total. The van der Waals surface area contributed by atoms with Gasteiger partial charge in [0.05, 0.1) is 12.8 Å². The van der Waals surface area contributed by atoms with Crippen LogP contribution in [0.2, 0.25) is 0 Å². The maximum absolute atomic E-state index is 12.3. The molecule has 0 unspecified atom stereocenters.